The Morgan fingerprint density at radius 2 is 2.07 bits per heavy atom. The van der Waals surface area contributed by atoms with E-state index in [0.29, 0.717) is 0 Å². The third-order valence-electron chi connectivity index (χ3n) is 4.73. The monoisotopic (exact) mass is 558 g/mol. The fourth-order valence-corrected chi connectivity index (χ4v) is 3.91. The highest BCUT2D eigenvalue weighted by Crippen LogP contribution is 2.16. The number of guanidine groups is 1. The number of aromatic nitrogens is 3. The first-order valence-electron chi connectivity index (χ1n) is 9.14. The fourth-order valence-electron chi connectivity index (χ4n) is 3.34. The van der Waals surface area contributed by atoms with Crippen molar-refractivity contribution in [2.24, 2.45) is 12.0 Å². The first-order valence-corrected chi connectivity index (χ1v) is 9.93. The van der Waals surface area contributed by atoms with Crippen LogP contribution in [0, 0.1) is 6.92 Å². The number of imidazole rings is 1. The molecular weight excluding hydrogens is 531 g/mol. The molecule has 0 bridgehead atoms. The zero-order chi connectivity index (χ0) is 19.4. The maximum Gasteiger partial charge on any atom is 0.193 e. The SMILES string of the molecule is CN=C(NCCCn1c(C)nc2ccccc21)N(C)Cc1cc(Br)cn1C.I. The van der Waals surface area contributed by atoms with Gasteiger partial charge in [-0.3, -0.25) is 4.99 Å². The van der Waals surface area contributed by atoms with Gasteiger partial charge in [0.15, 0.2) is 5.96 Å². The molecule has 2 heterocycles. The summed E-state index contributed by atoms with van der Waals surface area (Å²) in [4.78, 5) is 11.2. The van der Waals surface area contributed by atoms with Gasteiger partial charge in [0.25, 0.3) is 0 Å². The summed E-state index contributed by atoms with van der Waals surface area (Å²) in [6.45, 7) is 4.66. The Bertz CT molecular complexity index is 945. The van der Waals surface area contributed by atoms with E-state index in [1.165, 1.54) is 11.2 Å². The van der Waals surface area contributed by atoms with Gasteiger partial charge in [-0.2, -0.15) is 0 Å². The van der Waals surface area contributed by atoms with Crippen LogP contribution >= 0.6 is 39.9 Å². The molecule has 0 radical (unpaired) electrons. The van der Waals surface area contributed by atoms with Crippen molar-refractivity contribution >= 4 is 56.9 Å². The van der Waals surface area contributed by atoms with E-state index < -0.39 is 0 Å². The number of fused-ring (bicyclic) bond motifs is 1. The highest BCUT2D eigenvalue weighted by molar-refractivity contribution is 14.0. The van der Waals surface area contributed by atoms with E-state index in [2.05, 4.69) is 96.7 Å². The Morgan fingerprint density at radius 3 is 2.75 bits per heavy atom. The van der Waals surface area contributed by atoms with E-state index >= 15 is 0 Å². The standard InChI is InChI=1S/C20H27BrN6.HI/c1-15-24-18-8-5-6-9-19(18)27(15)11-7-10-23-20(22-2)26(4)14-17-12-16(21)13-25(17)3;/h5-6,8-9,12-13H,7,10-11,14H2,1-4H3,(H,22,23);1H. The second kappa shape index (κ2) is 10.3. The van der Waals surface area contributed by atoms with E-state index in [0.717, 1.165) is 47.8 Å². The number of hydrogen-bond acceptors (Lipinski definition) is 2. The molecular formula is C20H28BrIN6. The minimum Gasteiger partial charge on any atom is -0.356 e. The smallest absolute Gasteiger partial charge is 0.193 e. The summed E-state index contributed by atoms with van der Waals surface area (Å²) in [7, 11) is 5.94. The zero-order valence-electron chi connectivity index (χ0n) is 16.8. The molecule has 2 aromatic heterocycles. The second-order valence-electron chi connectivity index (χ2n) is 6.74. The van der Waals surface area contributed by atoms with Crippen molar-refractivity contribution in [1.82, 2.24) is 24.3 Å². The minimum atomic E-state index is 0. The van der Waals surface area contributed by atoms with Gasteiger partial charge in [-0.1, -0.05) is 12.1 Å². The Labute approximate surface area is 192 Å². The van der Waals surface area contributed by atoms with Gasteiger partial charge in [0.1, 0.15) is 5.82 Å². The van der Waals surface area contributed by atoms with Crippen molar-refractivity contribution < 1.29 is 0 Å². The lowest BCUT2D eigenvalue weighted by Crippen LogP contribution is -2.39. The minimum absolute atomic E-state index is 0. The van der Waals surface area contributed by atoms with Crippen LogP contribution in [-0.4, -0.2) is 45.6 Å². The van der Waals surface area contributed by atoms with Crippen LogP contribution < -0.4 is 5.32 Å². The average molecular weight is 559 g/mol. The molecule has 6 nitrogen and oxygen atoms in total. The number of aryl methyl sites for hydroxylation is 3. The molecule has 28 heavy (non-hydrogen) atoms. The summed E-state index contributed by atoms with van der Waals surface area (Å²) in [5, 5.41) is 3.47. The number of para-hydroxylation sites is 2. The number of nitrogens with zero attached hydrogens (tertiary/aromatic N) is 5. The molecule has 0 amide bonds. The van der Waals surface area contributed by atoms with Gasteiger partial charge in [-0.25, -0.2) is 4.98 Å². The molecule has 0 unspecified atom stereocenters. The molecule has 1 N–H and O–H groups in total. The Balaban J connectivity index is 0.00000280. The van der Waals surface area contributed by atoms with Crippen molar-refractivity contribution in [3.63, 3.8) is 0 Å². The molecule has 0 saturated heterocycles. The third-order valence-corrected chi connectivity index (χ3v) is 5.17. The van der Waals surface area contributed by atoms with E-state index in [1.54, 1.807) is 0 Å². The summed E-state index contributed by atoms with van der Waals surface area (Å²) in [5.41, 5.74) is 3.49. The molecule has 0 spiro atoms. The number of rotatable bonds is 6. The Kier molecular flexibility index (Phi) is 8.36. The van der Waals surface area contributed by atoms with Crippen molar-refractivity contribution in [2.45, 2.75) is 26.4 Å². The highest BCUT2D eigenvalue weighted by atomic mass is 127. The van der Waals surface area contributed by atoms with Gasteiger partial charge in [-0.15, -0.1) is 24.0 Å². The van der Waals surface area contributed by atoms with Crippen LogP contribution in [-0.2, 0) is 20.1 Å². The van der Waals surface area contributed by atoms with E-state index in [-0.39, 0.29) is 24.0 Å². The summed E-state index contributed by atoms with van der Waals surface area (Å²) in [5.74, 6) is 1.96. The van der Waals surface area contributed by atoms with Crippen molar-refractivity contribution in [3.8, 4) is 0 Å². The predicted octanol–water partition coefficient (Wildman–Crippen LogP) is 4.16. The van der Waals surface area contributed by atoms with Crippen molar-refractivity contribution in [1.29, 1.82) is 0 Å². The number of benzene rings is 1. The van der Waals surface area contributed by atoms with Gasteiger partial charge < -0.3 is 19.4 Å². The lowest BCUT2D eigenvalue weighted by atomic mass is 10.3. The van der Waals surface area contributed by atoms with Crippen LogP contribution in [0.25, 0.3) is 11.0 Å². The molecule has 0 atom stereocenters. The topological polar surface area (TPSA) is 50.4 Å². The molecule has 0 fully saturated rings. The Morgan fingerprint density at radius 1 is 1.32 bits per heavy atom. The molecule has 3 rings (SSSR count). The molecule has 0 aliphatic rings. The maximum atomic E-state index is 4.63. The summed E-state index contributed by atoms with van der Waals surface area (Å²) < 4.78 is 5.51. The average Bonchev–Trinajstić information content (AvgIpc) is 3.12. The predicted molar refractivity (Wildman–Crippen MR) is 130 cm³/mol. The van der Waals surface area contributed by atoms with Crippen LogP contribution in [0.2, 0.25) is 0 Å². The molecule has 0 aliphatic heterocycles. The van der Waals surface area contributed by atoms with Gasteiger partial charge in [0.2, 0.25) is 0 Å². The first-order chi connectivity index (χ1) is 13.0. The lowest BCUT2D eigenvalue weighted by molar-refractivity contribution is 0.459. The third kappa shape index (κ3) is 5.28. The fraction of sp³-hybridized carbons (Fsp3) is 0.400. The maximum absolute atomic E-state index is 4.63. The number of hydrogen-bond donors (Lipinski definition) is 1. The summed E-state index contributed by atoms with van der Waals surface area (Å²) >= 11 is 3.53. The van der Waals surface area contributed by atoms with Crippen molar-refractivity contribution in [2.75, 3.05) is 20.6 Å². The quantitative estimate of drug-likeness (QED) is 0.214. The van der Waals surface area contributed by atoms with Crippen LogP contribution in [0.1, 0.15) is 17.9 Å². The first kappa shape index (κ1) is 22.7. The van der Waals surface area contributed by atoms with E-state index in [4.69, 9.17) is 0 Å². The molecule has 152 valence electrons. The van der Waals surface area contributed by atoms with Gasteiger partial charge >= 0.3 is 0 Å². The normalized spacial score (nSPS) is 11.5. The molecule has 0 saturated carbocycles. The van der Waals surface area contributed by atoms with Gasteiger partial charge in [-0.05, 0) is 47.5 Å². The Hall–Kier alpha value is -1.55. The largest absolute Gasteiger partial charge is 0.356 e. The molecule has 3 aromatic rings. The zero-order valence-corrected chi connectivity index (χ0v) is 20.7. The molecule has 0 aliphatic carbocycles. The number of nitrogens with one attached hydrogen (secondary N) is 1. The summed E-state index contributed by atoms with van der Waals surface area (Å²) in [6, 6.07) is 10.4. The van der Waals surface area contributed by atoms with Gasteiger partial charge in [0, 0.05) is 50.6 Å². The van der Waals surface area contributed by atoms with Crippen LogP contribution in [0.4, 0.5) is 0 Å². The summed E-state index contributed by atoms with van der Waals surface area (Å²) in [6.07, 6.45) is 3.07. The van der Waals surface area contributed by atoms with Crippen LogP contribution in [0.5, 0.6) is 0 Å². The number of aliphatic imine (C=N–C) groups is 1. The van der Waals surface area contributed by atoms with Crippen molar-refractivity contribution in [3.05, 3.63) is 52.5 Å². The van der Waals surface area contributed by atoms with Crippen LogP contribution in [0.3, 0.4) is 0 Å². The molecule has 1 aromatic carbocycles. The number of halogens is 2. The van der Waals surface area contributed by atoms with Crippen LogP contribution in [0.15, 0.2) is 46.0 Å². The van der Waals surface area contributed by atoms with Gasteiger partial charge in [0.05, 0.1) is 17.6 Å². The lowest BCUT2D eigenvalue weighted by Gasteiger charge is -2.22. The highest BCUT2D eigenvalue weighted by Gasteiger charge is 2.10. The molecule has 8 heteroatoms. The second-order valence-corrected chi connectivity index (χ2v) is 7.66. The van der Waals surface area contributed by atoms with E-state index in [9.17, 15) is 0 Å². The van der Waals surface area contributed by atoms with E-state index in [1.807, 2.05) is 13.1 Å².